The minimum absolute atomic E-state index is 0.0641. The Labute approximate surface area is 133 Å². The van der Waals surface area contributed by atoms with E-state index < -0.39 is 4.92 Å². The summed E-state index contributed by atoms with van der Waals surface area (Å²) in [4.78, 5) is 14.4. The lowest BCUT2D eigenvalue weighted by Gasteiger charge is -2.08. The van der Waals surface area contributed by atoms with E-state index in [1.807, 2.05) is 0 Å². The second-order valence-corrected chi connectivity index (χ2v) is 5.95. The van der Waals surface area contributed by atoms with Gasteiger partial charge in [0.15, 0.2) is 5.75 Å². The molecule has 0 amide bonds. The predicted molar refractivity (Wildman–Crippen MR) is 80.5 cm³/mol. The predicted octanol–water partition coefficient (Wildman–Crippen LogP) is 5.07. The summed E-state index contributed by atoms with van der Waals surface area (Å²) < 4.78 is 7.27. The average molecular weight is 453 g/mol. The maximum Gasteiger partial charge on any atom is 0.287 e. The Morgan fingerprint density at radius 2 is 2.00 bits per heavy atom. The molecule has 0 saturated carbocycles. The van der Waals surface area contributed by atoms with Crippen molar-refractivity contribution in [3.8, 4) is 11.6 Å². The minimum atomic E-state index is -0.485. The largest absolute Gasteiger partial charge is 0.436 e. The van der Waals surface area contributed by atoms with Gasteiger partial charge in [0, 0.05) is 16.7 Å². The molecule has 19 heavy (non-hydrogen) atoms. The van der Waals surface area contributed by atoms with Crippen molar-refractivity contribution in [2.24, 2.45) is 0 Å². The molecule has 8 heteroatoms. The van der Waals surface area contributed by atoms with E-state index in [-0.39, 0.29) is 10.2 Å². The van der Waals surface area contributed by atoms with Crippen molar-refractivity contribution in [3.63, 3.8) is 0 Å². The lowest BCUT2D eigenvalue weighted by Crippen LogP contribution is -1.94. The van der Waals surface area contributed by atoms with Gasteiger partial charge in [-0.2, -0.15) is 0 Å². The number of rotatable bonds is 3. The molecule has 0 bridgehead atoms. The van der Waals surface area contributed by atoms with Gasteiger partial charge in [0.25, 0.3) is 5.69 Å². The summed E-state index contributed by atoms with van der Waals surface area (Å²) in [5.74, 6) is 0.647. The molecule has 1 aromatic carbocycles. The standard InChI is InChI=1S/C11H5Br3N2O3/c12-6-4-7(13)11(15-5-6)19-9-3-1-2-8(10(9)14)16(17)18/h1-5H. The van der Waals surface area contributed by atoms with Crippen LogP contribution in [0.5, 0.6) is 11.6 Å². The van der Waals surface area contributed by atoms with Crippen LogP contribution >= 0.6 is 47.8 Å². The van der Waals surface area contributed by atoms with Crippen LogP contribution in [0.25, 0.3) is 0 Å². The minimum Gasteiger partial charge on any atom is -0.436 e. The lowest BCUT2D eigenvalue weighted by molar-refractivity contribution is -0.385. The van der Waals surface area contributed by atoms with E-state index in [2.05, 4.69) is 52.8 Å². The topological polar surface area (TPSA) is 65.3 Å². The highest BCUT2D eigenvalue weighted by molar-refractivity contribution is 9.11. The van der Waals surface area contributed by atoms with E-state index in [1.165, 1.54) is 6.07 Å². The van der Waals surface area contributed by atoms with Crippen LogP contribution in [0.3, 0.4) is 0 Å². The summed E-state index contributed by atoms with van der Waals surface area (Å²) in [7, 11) is 0. The molecule has 5 nitrogen and oxygen atoms in total. The quantitative estimate of drug-likeness (QED) is 0.481. The third-order valence-electron chi connectivity index (χ3n) is 2.12. The van der Waals surface area contributed by atoms with Crippen LogP contribution in [0.2, 0.25) is 0 Å². The fourth-order valence-corrected chi connectivity index (χ4v) is 2.86. The fraction of sp³-hybridized carbons (Fsp3) is 0. The molecule has 2 aromatic rings. The summed E-state index contributed by atoms with van der Waals surface area (Å²) in [6, 6.07) is 6.33. The van der Waals surface area contributed by atoms with Crippen molar-refractivity contribution in [2.75, 3.05) is 0 Å². The Hall–Kier alpha value is -0.990. The van der Waals surface area contributed by atoms with Gasteiger partial charge in [-0.1, -0.05) is 6.07 Å². The van der Waals surface area contributed by atoms with E-state index in [0.29, 0.717) is 16.1 Å². The highest BCUT2D eigenvalue weighted by Crippen LogP contribution is 2.38. The Balaban J connectivity index is 2.38. The van der Waals surface area contributed by atoms with Gasteiger partial charge in [-0.05, 0) is 59.9 Å². The van der Waals surface area contributed by atoms with E-state index in [4.69, 9.17) is 4.74 Å². The highest BCUT2D eigenvalue weighted by atomic mass is 79.9. The number of pyridine rings is 1. The number of halogens is 3. The number of nitro benzene ring substituents is 1. The maximum absolute atomic E-state index is 10.8. The molecule has 0 spiro atoms. The first-order valence-corrected chi connectivity index (χ1v) is 7.28. The van der Waals surface area contributed by atoms with Gasteiger partial charge in [0.1, 0.15) is 4.47 Å². The zero-order valence-electron chi connectivity index (χ0n) is 9.14. The third-order valence-corrected chi connectivity index (χ3v) is 3.92. The van der Waals surface area contributed by atoms with Gasteiger partial charge in [0.05, 0.1) is 9.40 Å². The van der Waals surface area contributed by atoms with Crippen LogP contribution in [0.15, 0.2) is 43.9 Å². The van der Waals surface area contributed by atoms with Gasteiger partial charge in [-0.3, -0.25) is 10.1 Å². The summed E-state index contributed by atoms with van der Waals surface area (Å²) in [5.41, 5.74) is -0.0641. The second kappa shape index (κ2) is 5.98. The van der Waals surface area contributed by atoms with Crippen molar-refractivity contribution in [1.29, 1.82) is 0 Å². The fourth-order valence-electron chi connectivity index (χ4n) is 1.30. The monoisotopic (exact) mass is 450 g/mol. The van der Waals surface area contributed by atoms with Crippen molar-refractivity contribution >= 4 is 53.5 Å². The number of nitrogens with zero attached hydrogens (tertiary/aromatic N) is 2. The zero-order chi connectivity index (χ0) is 14.0. The second-order valence-electron chi connectivity index (χ2n) is 3.39. The van der Waals surface area contributed by atoms with Gasteiger partial charge in [-0.25, -0.2) is 4.98 Å². The summed E-state index contributed by atoms with van der Waals surface area (Å²) in [5, 5.41) is 10.8. The van der Waals surface area contributed by atoms with E-state index in [1.54, 1.807) is 24.4 Å². The summed E-state index contributed by atoms with van der Waals surface area (Å²) in [6.07, 6.45) is 1.57. The SMILES string of the molecule is O=[N+]([O-])c1cccc(Oc2ncc(Br)cc2Br)c1Br. The first-order valence-electron chi connectivity index (χ1n) is 4.91. The number of ether oxygens (including phenoxy) is 1. The molecule has 1 aromatic heterocycles. The van der Waals surface area contributed by atoms with Crippen LogP contribution in [-0.2, 0) is 0 Å². The molecule has 98 valence electrons. The number of hydrogen-bond acceptors (Lipinski definition) is 4. The summed E-state index contributed by atoms with van der Waals surface area (Å²) in [6.45, 7) is 0. The Morgan fingerprint density at radius 3 is 2.63 bits per heavy atom. The van der Waals surface area contributed by atoms with Gasteiger partial charge in [-0.15, -0.1) is 0 Å². The van der Waals surface area contributed by atoms with Gasteiger partial charge < -0.3 is 4.74 Å². The van der Waals surface area contributed by atoms with E-state index in [0.717, 1.165) is 4.47 Å². The van der Waals surface area contributed by atoms with Gasteiger partial charge in [0.2, 0.25) is 5.88 Å². The maximum atomic E-state index is 10.8. The molecule has 0 aliphatic rings. The molecular formula is C11H5Br3N2O3. The van der Waals surface area contributed by atoms with E-state index in [9.17, 15) is 10.1 Å². The van der Waals surface area contributed by atoms with Crippen LogP contribution in [-0.4, -0.2) is 9.91 Å². The molecule has 0 unspecified atom stereocenters. The normalized spacial score (nSPS) is 10.3. The van der Waals surface area contributed by atoms with Crippen molar-refractivity contribution in [1.82, 2.24) is 4.98 Å². The molecule has 0 radical (unpaired) electrons. The van der Waals surface area contributed by atoms with Crippen LogP contribution in [0, 0.1) is 10.1 Å². The van der Waals surface area contributed by atoms with Gasteiger partial charge >= 0.3 is 0 Å². The molecule has 0 aliphatic heterocycles. The molecule has 0 atom stereocenters. The molecule has 0 aliphatic carbocycles. The molecule has 2 rings (SSSR count). The van der Waals surface area contributed by atoms with Crippen LogP contribution < -0.4 is 4.74 Å². The first-order chi connectivity index (χ1) is 8.99. The third kappa shape index (κ3) is 3.31. The molecule has 1 heterocycles. The molecule has 0 saturated heterocycles. The molecular weight excluding hydrogens is 448 g/mol. The smallest absolute Gasteiger partial charge is 0.287 e. The lowest BCUT2D eigenvalue weighted by atomic mass is 10.3. The summed E-state index contributed by atoms with van der Waals surface area (Å²) >= 11 is 9.75. The van der Waals surface area contributed by atoms with Crippen molar-refractivity contribution < 1.29 is 9.66 Å². The van der Waals surface area contributed by atoms with Crippen LogP contribution in [0.1, 0.15) is 0 Å². The van der Waals surface area contributed by atoms with Crippen molar-refractivity contribution in [2.45, 2.75) is 0 Å². The van der Waals surface area contributed by atoms with E-state index >= 15 is 0 Å². The number of hydrogen-bond donors (Lipinski definition) is 0. The molecule has 0 N–H and O–H groups in total. The highest BCUT2D eigenvalue weighted by Gasteiger charge is 2.17. The first kappa shape index (κ1) is 14.4. The zero-order valence-corrected chi connectivity index (χ0v) is 13.9. The number of aromatic nitrogens is 1. The molecule has 0 fully saturated rings. The Bertz CT molecular complexity index is 649. The Kier molecular flexibility index (Phi) is 4.54. The number of benzene rings is 1. The average Bonchev–Trinajstić information content (AvgIpc) is 2.34. The Morgan fingerprint density at radius 1 is 1.26 bits per heavy atom. The number of nitro groups is 1. The van der Waals surface area contributed by atoms with Crippen LogP contribution in [0.4, 0.5) is 5.69 Å². The van der Waals surface area contributed by atoms with Crippen molar-refractivity contribution in [3.05, 3.63) is 54.0 Å².